The molecule has 1 fully saturated rings. The lowest BCUT2D eigenvalue weighted by molar-refractivity contribution is -0.137. The number of rotatable bonds is 6. The molecule has 10 heteroatoms. The van der Waals surface area contributed by atoms with E-state index in [1.807, 2.05) is 0 Å². The van der Waals surface area contributed by atoms with Gasteiger partial charge in [-0.3, -0.25) is 9.59 Å². The molecule has 1 unspecified atom stereocenters. The topological polar surface area (TPSA) is 89.5 Å². The van der Waals surface area contributed by atoms with Crippen LogP contribution < -0.4 is 15.4 Å². The molecule has 0 bridgehead atoms. The molecular formula is C20H20F3N3O4. The minimum absolute atomic E-state index is 0.00300. The van der Waals surface area contributed by atoms with Crippen LogP contribution >= 0.6 is 0 Å². The predicted molar refractivity (Wildman–Crippen MR) is 102 cm³/mol. The average Bonchev–Trinajstić information content (AvgIpc) is 3.24. The van der Waals surface area contributed by atoms with Crippen LogP contribution in [0.3, 0.4) is 0 Å². The first-order chi connectivity index (χ1) is 14.3. The summed E-state index contributed by atoms with van der Waals surface area (Å²) >= 11 is 0. The number of nitrogens with one attached hydrogen (secondary N) is 2. The molecule has 7 nitrogen and oxygen atoms in total. The summed E-state index contributed by atoms with van der Waals surface area (Å²) < 4.78 is 51.3. The molecule has 2 aromatic rings. The van der Waals surface area contributed by atoms with Crippen molar-refractivity contribution in [2.24, 2.45) is 0 Å². The average molecular weight is 423 g/mol. The van der Waals surface area contributed by atoms with Crippen LogP contribution in [0.15, 0.2) is 36.5 Å². The summed E-state index contributed by atoms with van der Waals surface area (Å²) in [5.41, 5.74) is -1.59. The van der Waals surface area contributed by atoms with E-state index in [9.17, 15) is 22.8 Å². The van der Waals surface area contributed by atoms with Gasteiger partial charge < -0.3 is 20.1 Å². The molecule has 3 rings (SSSR count). The van der Waals surface area contributed by atoms with Gasteiger partial charge in [-0.2, -0.15) is 13.2 Å². The fraction of sp³-hybridized carbons (Fsp3) is 0.350. The molecule has 0 spiro atoms. The number of nitrogens with zero attached hydrogens (tertiary/aromatic N) is 1. The number of halogens is 3. The normalized spacial score (nSPS) is 16.2. The quantitative estimate of drug-likeness (QED) is 0.736. The van der Waals surface area contributed by atoms with Crippen molar-refractivity contribution < 1.29 is 32.2 Å². The summed E-state index contributed by atoms with van der Waals surface area (Å²) in [6, 6.07) is 6.02. The molecule has 0 saturated carbocycles. The third-order valence-electron chi connectivity index (χ3n) is 4.36. The number of ether oxygens (including phenoxy) is 2. The zero-order valence-corrected chi connectivity index (χ0v) is 16.1. The molecule has 0 aliphatic carbocycles. The lowest BCUT2D eigenvalue weighted by Gasteiger charge is -2.17. The van der Waals surface area contributed by atoms with Gasteiger partial charge in [-0.25, -0.2) is 4.98 Å². The van der Waals surface area contributed by atoms with Gasteiger partial charge in [0.05, 0.1) is 17.9 Å². The Balaban J connectivity index is 1.84. The minimum Gasteiger partial charge on any atom is -0.477 e. The third-order valence-corrected chi connectivity index (χ3v) is 4.36. The number of alkyl halides is 3. The van der Waals surface area contributed by atoms with Crippen molar-refractivity contribution in [3.63, 3.8) is 0 Å². The number of pyridine rings is 1. The predicted octanol–water partition coefficient (Wildman–Crippen LogP) is 3.87. The van der Waals surface area contributed by atoms with Crippen molar-refractivity contribution >= 4 is 23.2 Å². The van der Waals surface area contributed by atoms with Crippen molar-refractivity contribution in [2.45, 2.75) is 32.0 Å². The standard InChI is InChI=1S/C20H20F3N3O4/c1-2-29-19-13(5-3-9-24-19)17(27)26-15-8-7-12(11-14(15)20(21,22)23)25-18(28)16-6-4-10-30-16/h3,5,7-9,11,16H,2,4,6,10H2,1H3,(H,25,28)(H,26,27). The molecule has 30 heavy (non-hydrogen) atoms. The smallest absolute Gasteiger partial charge is 0.418 e. The number of hydrogen-bond acceptors (Lipinski definition) is 5. The lowest BCUT2D eigenvalue weighted by atomic mass is 10.1. The fourth-order valence-corrected chi connectivity index (χ4v) is 2.98. The second kappa shape index (κ2) is 9.12. The van der Waals surface area contributed by atoms with Gasteiger partial charge in [0.15, 0.2) is 0 Å². The van der Waals surface area contributed by atoms with Crippen LogP contribution in [0.5, 0.6) is 5.88 Å². The zero-order valence-electron chi connectivity index (χ0n) is 16.1. The van der Waals surface area contributed by atoms with E-state index >= 15 is 0 Å². The maximum atomic E-state index is 13.6. The first-order valence-corrected chi connectivity index (χ1v) is 9.32. The van der Waals surface area contributed by atoms with E-state index in [0.717, 1.165) is 18.6 Å². The first-order valence-electron chi connectivity index (χ1n) is 9.32. The maximum Gasteiger partial charge on any atom is 0.418 e. The Morgan fingerprint density at radius 3 is 2.73 bits per heavy atom. The van der Waals surface area contributed by atoms with E-state index in [2.05, 4.69) is 15.6 Å². The summed E-state index contributed by atoms with van der Waals surface area (Å²) in [5.74, 6) is -1.28. The van der Waals surface area contributed by atoms with Crippen LogP contribution in [0, 0.1) is 0 Å². The van der Waals surface area contributed by atoms with Crippen LogP contribution in [-0.4, -0.2) is 36.1 Å². The van der Waals surface area contributed by atoms with Crippen LogP contribution in [0.1, 0.15) is 35.7 Å². The van der Waals surface area contributed by atoms with Gasteiger partial charge >= 0.3 is 6.18 Å². The highest BCUT2D eigenvalue weighted by atomic mass is 19.4. The van der Waals surface area contributed by atoms with Gasteiger partial charge in [0.1, 0.15) is 11.7 Å². The molecule has 2 N–H and O–H groups in total. The molecule has 1 atom stereocenters. The highest BCUT2D eigenvalue weighted by Gasteiger charge is 2.35. The number of hydrogen-bond donors (Lipinski definition) is 2. The number of benzene rings is 1. The number of aromatic nitrogens is 1. The zero-order chi connectivity index (χ0) is 21.7. The highest BCUT2D eigenvalue weighted by Crippen LogP contribution is 2.37. The van der Waals surface area contributed by atoms with E-state index in [0.29, 0.717) is 13.0 Å². The first kappa shape index (κ1) is 21.6. The Morgan fingerprint density at radius 2 is 2.07 bits per heavy atom. The summed E-state index contributed by atoms with van der Waals surface area (Å²) in [7, 11) is 0. The van der Waals surface area contributed by atoms with E-state index < -0.39 is 35.3 Å². The van der Waals surface area contributed by atoms with Gasteiger partial charge in [-0.1, -0.05) is 0 Å². The summed E-state index contributed by atoms with van der Waals surface area (Å²) in [5, 5.41) is 4.68. The van der Waals surface area contributed by atoms with Gasteiger partial charge in [0, 0.05) is 18.5 Å². The Kier molecular flexibility index (Phi) is 6.56. The molecule has 1 aromatic heterocycles. The van der Waals surface area contributed by atoms with Crippen molar-refractivity contribution in [1.82, 2.24) is 4.98 Å². The van der Waals surface area contributed by atoms with Crippen LogP contribution in [0.4, 0.5) is 24.5 Å². The second-order valence-corrected chi connectivity index (χ2v) is 6.49. The molecule has 2 heterocycles. The second-order valence-electron chi connectivity index (χ2n) is 6.49. The fourth-order valence-electron chi connectivity index (χ4n) is 2.98. The highest BCUT2D eigenvalue weighted by molar-refractivity contribution is 6.06. The lowest BCUT2D eigenvalue weighted by Crippen LogP contribution is -2.27. The largest absolute Gasteiger partial charge is 0.477 e. The van der Waals surface area contributed by atoms with Crippen LogP contribution in [-0.2, 0) is 15.7 Å². The summed E-state index contributed by atoms with van der Waals surface area (Å²) in [6.45, 7) is 2.38. The van der Waals surface area contributed by atoms with Gasteiger partial charge in [0.25, 0.3) is 11.8 Å². The van der Waals surface area contributed by atoms with Gasteiger partial charge in [-0.05, 0) is 50.1 Å². The number of carbonyl (C=O) groups is 2. The Labute approximate surface area is 170 Å². The molecule has 2 amide bonds. The summed E-state index contributed by atoms with van der Waals surface area (Å²) in [4.78, 5) is 28.6. The Morgan fingerprint density at radius 1 is 1.27 bits per heavy atom. The molecule has 0 radical (unpaired) electrons. The van der Waals surface area contributed by atoms with Crippen molar-refractivity contribution in [3.8, 4) is 5.88 Å². The van der Waals surface area contributed by atoms with E-state index in [4.69, 9.17) is 9.47 Å². The van der Waals surface area contributed by atoms with Gasteiger partial charge in [0.2, 0.25) is 5.88 Å². The molecule has 1 aliphatic heterocycles. The minimum atomic E-state index is -4.76. The number of amides is 2. The van der Waals surface area contributed by atoms with Gasteiger partial charge in [-0.15, -0.1) is 0 Å². The third kappa shape index (κ3) is 5.07. The molecule has 1 saturated heterocycles. The maximum absolute atomic E-state index is 13.6. The van der Waals surface area contributed by atoms with Crippen molar-refractivity contribution in [3.05, 3.63) is 47.7 Å². The van der Waals surface area contributed by atoms with Crippen LogP contribution in [0.25, 0.3) is 0 Å². The number of carbonyl (C=O) groups excluding carboxylic acids is 2. The summed E-state index contributed by atoms with van der Waals surface area (Å²) in [6.07, 6.45) is -2.80. The molecule has 1 aromatic carbocycles. The van der Waals surface area contributed by atoms with Crippen LogP contribution in [0.2, 0.25) is 0 Å². The molecular weight excluding hydrogens is 403 g/mol. The monoisotopic (exact) mass is 423 g/mol. The van der Waals surface area contributed by atoms with E-state index in [1.165, 1.54) is 24.4 Å². The van der Waals surface area contributed by atoms with Crippen molar-refractivity contribution in [1.29, 1.82) is 0 Å². The van der Waals surface area contributed by atoms with E-state index in [1.54, 1.807) is 6.92 Å². The Hall–Kier alpha value is -3.14. The molecule has 1 aliphatic rings. The molecule has 160 valence electrons. The number of anilines is 2. The SMILES string of the molecule is CCOc1ncccc1C(=O)Nc1ccc(NC(=O)C2CCCO2)cc1C(F)(F)F. The Bertz CT molecular complexity index is 928. The van der Waals surface area contributed by atoms with E-state index in [-0.39, 0.29) is 23.7 Å². The van der Waals surface area contributed by atoms with Crippen molar-refractivity contribution in [2.75, 3.05) is 23.8 Å².